The Morgan fingerprint density at radius 2 is 1.93 bits per heavy atom. The van der Waals surface area contributed by atoms with Crippen molar-refractivity contribution in [2.24, 2.45) is 5.73 Å². The van der Waals surface area contributed by atoms with Crippen molar-refractivity contribution in [3.05, 3.63) is 47.0 Å². The molecule has 2 N–H and O–H groups in total. The minimum absolute atomic E-state index is 0.0915. The fourth-order valence-electron chi connectivity index (χ4n) is 1.05. The predicted octanol–water partition coefficient (Wildman–Crippen LogP) is 2.98. The van der Waals surface area contributed by atoms with Gasteiger partial charge in [-0.15, -0.1) is 6.58 Å². The number of benzene rings is 1. The van der Waals surface area contributed by atoms with Crippen LogP contribution in [0.25, 0.3) is 0 Å². The Labute approximate surface area is 86.2 Å². The first kappa shape index (κ1) is 11.1. The van der Waals surface area contributed by atoms with Crippen LogP contribution in [0.4, 0.5) is 8.78 Å². The summed E-state index contributed by atoms with van der Waals surface area (Å²) in [7, 11) is 0. The van der Waals surface area contributed by atoms with Crippen LogP contribution in [0, 0.1) is 11.6 Å². The summed E-state index contributed by atoms with van der Waals surface area (Å²) >= 11 is 5.73. The molecular formula is C10H10ClF2N. The zero-order valence-corrected chi connectivity index (χ0v) is 8.41. The first-order valence-corrected chi connectivity index (χ1v) is 4.34. The molecule has 1 aromatic rings. The molecule has 0 aromatic heterocycles. The van der Waals surface area contributed by atoms with Crippen LogP contribution in [0.15, 0.2) is 24.8 Å². The van der Waals surface area contributed by atoms with Crippen molar-refractivity contribution < 1.29 is 8.78 Å². The van der Waals surface area contributed by atoms with Crippen molar-refractivity contribution in [3.63, 3.8) is 0 Å². The second kappa shape index (κ2) is 3.67. The van der Waals surface area contributed by atoms with Gasteiger partial charge in [0.05, 0.1) is 5.54 Å². The van der Waals surface area contributed by atoms with Gasteiger partial charge in [0.2, 0.25) is 0 Å². The SMILES string of the molecule is C=C[C@@](C)(N)c1cc(F)c(F)cc1Cl. The molecule has 0 bridgehead atoms. The van der Waals surface area contributed by atoms with Crippen LogP contribution >= 0.6 is 11.6 Å². The van der Waals surface area contributed by atoms with Crippen LogP contribution in [0.3, 0.4) is 0 Å². The molecule has 0 aliphatic heterocycles. The van der Waals surface area contributed by atoms with E-state index < -0.39 is 17.2 Å². The van der Waals surface area contributed by atoms with Crippen LogP contribution in [-0.4, -0.2) is 0 Å². The van der Waals surface area contributed by atoms with Gasteiger partial charge in [-0.3, -0.25) is 0 Å². The van der Waals surface area contributed by atoms with E-state index in [2.05, 4.69) is 6.58 Å². The Bertz CT molecular complexity index is 375. The third-order valence-corrected chi connectivity index (χ3v) is 2.33. The molecule has 0 fully saturated rings. The highest BCUT2D eigenvalue weighted by atomic mass is 35.5. The maximum Gasteiger partial charge on any atom is 0.160 e. The zero-order chi connectivity index (χ0) is 10.9. The lowest BCUT2D eigenvalue weighted by Crippen LogP contribution is -2.30. The minimum Gasteiger partial charge on any atom is -0.318 e. The molecule has 1 nitrogen and oxygen atoms in total. The topological polar surface area (TPSA) is 26.0 Å². The summed E-state index contributed by atoms with van der Waals surface area (Å²) in [6.45, 7) is 5.11. The van der Waals surface area contributed by atoms with Gasteiger partial charge in [0.1, 0.15) is 0 Å². The highest BCUT2D eigenvalue weighted by molar-refractivity contribution is 6.31. The molecule has 1 atom stereocenters. The standard InChI is InChI=1S/C10H10ClF2N/c1-3-10(2,14)6-4-8(12)9(13)5-7(6)11/h3-5H,1,14H2,2H3/t10-/m1/s1. The molecule has 1 aromatic carbocycles. The third-order valence-electron chi connectivity index (χ3n) is 2.01. The molecule has 0 radical (unpaired) electrons. The zero-order valence-electron chi connectivity index (χ0n) is 7.65. The van der Waals surface area contributed by atoms with Crippen molar-refractivity contribution in [1.29, 1.82) is 0 Å². The summed E-state index contributed by atoms with van der Waals surface area (Å²) in [4.78, 5) is 0. The molecule has 0 unspecified atom stereocenters. The minimum atomic E-state index is -0.987. The van der Waals surface area contributed by atoms with Gasteiger partial charge in [-0.1, -0.05) is 17.7 Å². The highest BCUT2D eigenvalue weighted by Crippen LogP contribution is 2.28. The molecule has 14 heavy (non-hydrogen) atoms. The van der Waals surface area contributed by atoms with Crippen LogP contribution in [0.5, 0.6) is 0 Å². The van der Waals surface area contributed by atoms with Crippen molar-refractivity contribution in [2.75, 3.05) is 0 Å². The van der Waals surface area contributed by atoms with E-state index in [4.69, 9.17) is 17.3 Å². The van der Waals surface area contributed by atoms with Crippen LogP contribution < -0.4 is 5.73 Å². The molecule has 4 heteroatoms. The van der Waals surface area contributed by atoms with E-state index in [9.17, 15) is 8.78 Å². The number of hydrogen-bond acceptors (Lipinski definition) is 1. The molecule has 0 saturated heterocycles. The second-order valence-electron chi connectivity index (χ2n) is 3.23. The Kier molecular flexibility index (Phi) is 2.92. The van der Waals surface area contributed by atoms with Gasteiger partial charge < -0.3 is 5.73 Å². The van der Waals surface area contributed by atoms with Crippen molar-refractivity contribution in [2.45, 2.75) is 12.5 Å². The molecule has 76 valence electrons. The lowest BCUT2D eigenvalue weighted by molar-refractivity contribution is 0.502. The molecule has 0 aliphatic carbocycles. The fourth-order valence-corrected chi connectivity index (χ4v) is 1.40. The summed E-state index contributed by atoms with van der Waals surface area (Å²) in [5, 5.41) is 0.0915. The van der Waals surface area contributed by atoms with Crippen LogP contribution in [0.2, 0.25) is 5.02 Å². The van der Waals surface area contributed by atoms with Gasteiger partial charge >= 0.3 is 0 Å². The second-order valence-corrected chi connectivity index (χ2v) is 3.64. The average Bonchev–Trinajstić information content (AvgIpc) is 2.11. The van der Waals surface area contributed by atoms with Crippen LogP contribution in [0.1, 0.15) is 12.5 Å². The van der Waals surface area contributed by atoms with Gasteiger partial charge in [0.15, 0.2) is 11.6 Å². The molecule has 0 saturated carbocycles. The lowest BCUT2D eigenvalue weighted by atomic mass is 9.93. The number of rotatable bonds is 2. The van der Waals surface area contributed by atoms with Crippen molar-refractivity contribution in [1.82, 2.24) is 0 Å². The number of halogens is 3. The largest absolute Gasteiger partial charge is 0.318 e. The molecule has 0 aliphatic rings. The molecular weight excluding hydrogens is 208 g/mol. The molecule has 0 spiro atoms. The van der Waals surface area contributed by atoms with Gasteiger partial charge in [-0.05, 0) is 24.6 Å². The Hall–Kier alpha value is -0.930. The molecule has 0 amide bonds. The first-order chi connectivity index (χ1) is 6.38. The normalized spacial score (nSPS) is 14.9. The maximum atomic E-state index is 12.9. The van der Waals surface area contributed by atoms with Gasteiger partial charge in [0.25, 0.3) is 0 Å². The summed E-state index contributed by atoms with van der Waals surface area (Å²) < 4.78 is 25.6. The quantitative estimate of drug-likeness (QED) is 0.598. The smallest absolute Gasteiger partial charge is 0.160 e. The van der Waals surface area contributed by atoms with E-state index in [1.165, 1.54) is 6.08 Å². The third kappa shape index (κ3) is 1.94. The lowest BCUT2D eigenvalue weighted by Gasteiger charge is -2.21. The Morgan fingerprint density at radius 3 is 2.43 bits per heavy atom. The van der Waals surface area contributed by atoms with E-state index in [1.54, 1.807) is 6.92 Å². The van der Waals surface area contributed by atoms with Crippen molar-refractivity contribution >= 4 is 11.6 Å². The molecule has 0 heterocycles. The van der Waals surface area contributed by atoms with Gasteiger partial charge in [-0.2, -0.15) is 0 Å². The fraction of sp³-hybridized carbons (Fsp3) is 0.200. The highest BCUT2D eigenvalue weighted by Gasteiger charge is 2.22. The van der Waals surface area contributed by atoms with Gasteiger partial charge in [-0.25, -0.2) is 8.78 Å². The maximum absolute atomic E-state index is 12.9. The average molecular weight is 218 g/mol. The molecule has 1 rings (SSSR count). The Morgan fingerprint density at radius 1 is 1.43 bits per heavy atom. The van der Waals surface area contributed by atoms with Gasteiger partial charge in [0, 0.05) is 5.02 Å². The van der Waals surface area contributed by atoms with Crippen molar-refractivity contribution in [3.8, 4) is 0 Å². The number of hydrogen-bond donors (Lipinski definition) is 1. The predicted molar refractivity (Wildman–Crippen MR) is 53.1 cm³/mol. The Balaban J connectivity index is 3.36. The van der Waals surface area contributed by atoms with E-state index in [1.807, 2.05) is 0 Å². The van der Waals surface area contributed by atoms with Crippen LogP contribution in [-0.2, 0) is 5.54 Å². The van der Waals surface area contributed by atoms with E-state index in [0.29, 0.717) is 5.56 Å². The van der Waals surface area contributed by atoms with E-state index in [0.717, 1.165) is 12.1 Å². The summed E-state index contributed by atoms with van der Waals surface area (Å²) in [6, 6.07) is 1.89. The summed E-state index contributed by atoms with van der Waals surface area (Å²) in [5.74, 6) is -1.96. The summed E-state index contributed by atoms with van der Waals surface area (Å²) in [5.41, 5.74) is 5.11. The monoisotopic (exact) mass is 217 g/mol. The van der Waals surface area contributed by atoms with E-state index in [-0.39, 0.29) is 5.02 Å². The first-order valence-electron chi connectivity index (χ1n) is 3.96. The summed E-state index contributed by atoms with van der Waals surface area (Å²) in [6.07, 6.45) is 1.42. The van der Waals surface area contributed by atoms with E-state index >= 15 is 0 Å². The number of nitrogens with two attached hydrogens (primary N) is 1.